The summed E-state index contributed by atoms with van der Waals surface area (Å²) < 4.78 is 5.73. The molecule has 0 saturated heterocycles. The molecule has 0 spiro atoms. The van der Waals surface area contributed by atoms with Crippen molar-refractivity contribution in [2.75, 3.05) is 0 Å². The third-order valence-electron chi connectivity index (χ3n) is 4.22. The van der Waals surface area contributed by atoms with Gasteiger partial charge in [-0.1, -0.05) is 59.2 Å². The van der Waals surface area contributed by atoms with E-state index in [9.17, 15) is 0 Å². The van der Waals surface area contributed by atoms with E-state index in [-0.39, 0.29) is 6.04 Å². The summed E-state index contributed by atoms with van der Waals surface area (Å²) in [5, 5.41) is 11.0. The zero-order valence-electron chi connectivity index (χ0n) is 14.2. The Morgan fingerprint density at radius 1 is 1.11 bits per heavy atom. The predicted molar refractivity (Wildman–Crippen MR) is 109 cm³/mol. The van der Waals surface area contributed by atoms with Crippen LogP contribution in [0.25, 0.3) is 10.9 Å². The van der Waals surface area contributed by atoms with Gasteiger partial charge in [0.1, 0.15) is 0 Å². The summed E-state index contributed by atoms with van der Waals surface area (Å²) >= 11 is 13.5. The molecule has 27 heavy (non-hydrogen) atoms. The highest BCUT2D eigenvalue weighted by Crippen LogP contribution is 2.29. The Hall–Kier alpha value is -1.99. The van der Waals surface area contributed by atoms with Gasteiger partial charge in [0.2, 0.25) is 5.89 Å². The summed E-state index contributed by atoms with van der Waals surface area (Å²) in [5.74, 6) is 1.03. The lowest BCUT2D eigenvalue weighted by Gasteiger charge is -2.06. The van der Waals surface area contributed by atoms with Crippen molar-refractivity contribution in [3.8, 4) is 0 Å². The van der Waals surface area contributed by atoms with Crippen molar-refractivity contribution >= 4 is 45.9 Å². The van der Waals surface area contributed by atoms with E-state index < -0.39 is 0 Å². The van der Waals surface area contributed by atoms with E-state index in [1.165, 1.54) is 11.8 Å². The van der Waals surface area contributed by atoms with Gasteiger partial charge in [0.25, 0.3) is 5.22 Å². The number of nitrogens with one attached hydrogen (secondary N) is 1. The van der Waals surface area contributed by atoms with Crippen LogP contribution in [0.1, 0.15) is 23.1 Å². The minimum Gasteiger partial charge on any atom is -0.414 e. The van der Waals surface area contributed by atoms with Crippen LogP contribution in [-0.4, -0.2) is 15.2 Å². The van der Waals surface area contributed by atoms with Crippen molar-refractivity contribution in [3.05, 3.63) is 75.7 Å². The molecule has 1 unspecified atom stereocenters. The lowest BCUT2D eigenvalue weighted by atomic mass is 10.1. The number of fused-ring (bicyclic) bond motifs is 1. The number of aromatic nitrogens is 3. The number of aromatic amines is 1. The van der Waals surface area contributed by atoms with Crippen LogP contribution in [0.15, 0.2) is 58.3 Å². The molecule has 0 aliphatic carbocycles. The fourth-order valence-corrected chi connectivity index (χ4v) is 4.16. The number of nitrogens with two attached hydrogens (primary N) is 1. The van der Waals surface area contributed by atoms with Crippen LogP contribution >= 0.6 is 35.0 Å². The van der Waals surface area contributed by atoms with E-state index in [1.807, 2.05) is 30.5 Å². The lowest BCUT2D eigenvalue weighted by molar-refractivity contribution is 0.385. The maximum absolute atomic E-state index is 6.28. The zero-order valence-corrected chi connectivity index (χ0v) is 16.5. The van der Waals surface area contributed by atoms with E-state index in [1.54, 1.807) is 12.1 Å². The highest BCUT2D eigenvalue weighted by atomic mass is 35.5. The molecule has 0 amide bonds. The van der Waals surface area contributed by atoms with Gasteiger partial charge >= 0.3 is 0 Å². The number of para-hydroxylation sites is 1. The first kappa shape index (κ1) is 18.4. The number of hydrogen-bond donors (Lipinski definition) is 2. The zero-order chi connectivity index (χ0) is 18.8. The van der Waals surface area contributed by atoms with Crippen molar-refractivity contribution in [3.63, 3.8) is 0 Å². The molecule has 0 radical (unpaired) electrons. The molecule has 138 valence electrons. The van der Waals surface area contributed by atoms with Crippen LogP contribution in [0.3, 0.4) is 0 Å². The van der Waals surface area contributed by atoms with Gasteiger partial charge in [-0.25, -0.2) is 0 Å². The molecule has 3 N–H and O–H groups in total. The van der Waals surface area contributed by atoms with Crippen LogP contribution in [-0.2, 0) is 12.2 Å². The smallest absolute Gasteiger partial charge is 0.276 e. The Kier molecular flexibility index (Phi) is 5.41. The van der Waals surface area contributed by atoms with Gasteiger partial charge in [-0.2, -0.15) is 0 Å². The maximum atomic E-state index is 6.28. The van der Waals surface area contributed by atoms with E-state index >= 15 is 0 Å². The molecule has 0 aliphatic heterocycles. The van der Waals surface area contributed by atoms with Crippen LogP contribution in [0.2, 0.25) is 10.0 Å². The fraction of sp³-hybridized carbons (Fsp3) is 0.158. The molecule has 0 bridgehead atoms. The molecule has 0 saturated carbocycles. The topological polar surface area (TPSA) is 80.7 Å². The molecule has 0 fully saturated rings. The lowest BCUT2D eigenvalue weighted by Crippen LogP contribution is -2.13. The second kappa shape index (κ2) is 7.94. The first-order valence-corrected chi connectivity index (χ1v) is 10.0. The van der Waals surface area contributed by atoms with Crippen molar-refractivity contribution in [2.45, 2.75) is 23.4 Å². The molecule has 4 rings (SSSR count). The van der Waals surface area contributed by atoms with Gasteiger partial charge < -0.3 is 15.1 Å². The van der Waals surface area contributed by atoms with E-state index in [0.29, 0.717) is 33.3 Å². The number of halogens is 2. The average molecular weight is 419 g/mol. The third kappa shape index (κ3) is 4.14. The maximum Gasteiger partial charge on any atom is 0.276 e. The normalized spacial score (nSPS) is 12.6. The van der Waals surface area contributed by atoms with Crippen molar-refractivity contribution < 1.29 is 4.42 Å². The van der Waals surface area contributed by atoms with Gasteiger partial charge in [-0.15, -0.1) is 10.2 Å². The largest absolute Gasteiger partial charge is 0.414 e. The average Bonchev–Trinajstić information content (AvgIpc) is 3.29. The number of hydrogen-bond acceptors (Lipinski definition) is 5. The summed E-state index contributed by atoms with van der Waals surface area (Å²) in [6, 6.07) is 13.1. The number of nitrogens with zero attached hydrogens (tertiary/aromatic N) is 2. The molecule has 2 heterocycles. The van der Waals surface area contributed by atoms with Crippen molar-refractivity contribution in [1.29, 1.82) is 0 Å². The quantitative estimate of drug-likeness (QED) is 0.410. The summed E-state index contributed by atoms with van der Waals surface area (Å²) in [4.78, 5) is 3.25. The number of H-pyrrole nitrogens is 1. The van der Waals surface area contributed by atoms with Gasteiger partial charge in [-0.3, -0.25) is 0 Å². The monoisotopic (exact) mass is 418 g/mol. The minimum atomic E-state index is -0.370. The fourth-order valence-electron chi connectivity index (χ4n) is 2.83. The summed E-state index contributed by atoms with van der Waals surface area (Å²) in [7, 11) is 0. The molecular formula is C19H16Cl2N4OS. The van der Waals surface area contributed by atoms with Gasteiger partial charge in [0, 0.05) is 32.9 Å². The highest BCUT2D eigenvalue weighted by Gasteiger charge is 2.17. The Morgan fingerprint density at radius 2 is 1.96 bits per heavy atom. The second-order valence-electron chi connectivity index (χ2n) is 6.10. The molecule has 0 aliphatic rings. The second-order valence-corrected chi connectivity index (χ2v) is 7.87. The minimum absolute atomic E-state index is 0.370. The first-order valence-electron chi connectivity index (χ1n) is 8.31. The van der Waals surface area contributed by atoms with Gasteiger partial charge in [-0.05, 0) is 35.7 Å². The third-order valence-corrected chi connectivity index (χ3v) is 5.67. The summed E-state index contributed by atoms with van der Waals surface area (Å²) in [6.45, 7) is 0. The molecule has 4 aromatic rings. The summed E-state index contributed by atoms with van der Waals surface area (Å²) in [5.41, 5.74) is 9.44. The SMILES string of the molecule is NC(Cc1c[nH]c2ccccc12)c1nnc(SCc2ccc(Cl)cc2Cl)o1. The van der Waals surface area contributed by atoms with Crippen molar-refractivity contribution in [2.24, 2.45) is 5.73 Å². The number of thioether (sulfide) groups is 1. The molecule has 2 aromatic carbocycles. The summed E-state index contributed by atoms with van der Waals surface area (Å²) in [6.07, 6.45) is 2.58. The van der Waals surface area contributed by atoms with E-state index in [2.05, 4.69) is 21.2 Å². The Bertz CT molecular complexity index is 1080. The molecule has 1 atom stereocenters. The van der Waals surface area contributed by atoms with Crippen LogP contribution in [0, 0.1) is 0 Å². The van der Waals surface area contributed by atoms with Crippen molar-refractivity contribution in [1.82, 2.24) is 15.2 Å². The van der Waals surface area contributed by atoms with Gasteiger partial charge in [0.15, 0.2) is 0 Å². The Labute approximate surface area is 170 Å². The molecule has 5 nitrogen and oxygen atoms in total. The first-order chi connectivity index (χ1) is 13.1. The van der Waals surface area contributed by atoms with Gasteiger partial charge in [0.05, 0.1) is 6.04 Å². The van der Waals surface area contributed by atoms with E-state index in [0.717, 1.165) is 22.0 Å². The highest BCUT2D eigenvalue weighted by molar-refractivity contribution is 7.98. The standard InChI is InChI=1S/C19H16Cl2N4OS/c20-13-6-5-11(15(21)8-13)10-27-19-25-24-18(26-19)16(22)7-12-9-23-17-4-2-1-3-14(12)17/h1-6,8-9,16,23H,7,10,22H2. The Morgan fingerprint density at radius 3 is 2.81 bits per heavy atom. The Balaban J connectivity index is 1.42. The molecular weight excluding hydrogens is 403 g/mol. The number of benzene rings is 2. The predicted octanol–water partition coefficient (Wildman–Crippen LogP) is 5.39. The molecule has 8 heteroatoms. The van der Waals surface area contributed by atoms with E-state index in [4.69, 9.17) is 33.4 Å². The van der Waals surface area contributed by atoms with Crippen LogP contribution in [0.5, 0.6) is 0 Å². The van der Waals surface area contributed by atoms with Crippen LogP contribution < -0.4 is 5.73 Å². The molecule has 2 aromatic heterocycles. The number of rotatable bonds is 6. The van der Waals surface area contributed by atoms with Crippen LogP contribution in [0.4, 0.5) is 0 Å².